The second-order valence-corrected chi connectivity index (χ2v) is 7.20. The molecule has 0 aliphatic carbocycles. The van der Waals surface area contributed by atoms with Crippen LogP contribution in [-0.4, -0.2) is 51.4 Å². The number of aromatic nitrogens is 3. The molecule has 128 valence electrons. The molecule has 0 radical (unpaired) electrons. The predicted octanol–water partition coefficient (Wildman–Crippen LogP) is 2.39. The highest BCUT2D eigenvalue weighted by molar-refractivity contribution is 7.09. The van der Waals surface area contributed by atoms with Gasteiger partial charge in [-0.2, -0.15) is 0 Å². The van der Waals surface area contributed by atoms with Crippen LogP contribution in [0.25, 0.3) is 10.6 Å². The number of hydrogen-bond acceptors (Lipinski definition) is 7. The van der Waals surface area contributed by atoms with Crippen molar-refractivity contribution >= 4 is 17.4 Å². The van der Waals surface area contributed by atoms with Crippen molar-refractivity contribution in [3.8, 4) is 10.6 Å². The molecule has 2 atom stereocenters. The molecule has 2 fully saturated rings. The summed E-state index contributed by atoms with van der Waals surface area (Å²) in [6.07, 6.45) is 3.52. The monoisotopic (exact) mass is 348 g/mol. The number of ether oxygens (including phenoxy) is 1. The van der Waals surface area contributed by atoms with E-state index in [1.54, 1.807) is 0 Å². The number of nitrogens with zero attached hydrogens (tertiary/aromatic N) is 4. The second-order valence-electron chi connectivity index (χ2n) is 6.44. The van der Waals surface area contributed by atoms with E-state index in [1.807, 2.05) is 17.9 Å². The summed E-state index contributed by atoms with van der Waals surface area (Å²) in [6.45, 7) is 4.05. The Bertz CT molecular complexity index is 722. The predicted molar refractivity (Wildman–Crippen MR) is 87.7 cm³/mol. The Hall–Kier alpha value is -1.80. The average molecular weight is 348 g/mol. The van der Waals surface area contributed by atoms with Gasteiger partial charge in [0.15, 0.2) is 5.76 Å². The summed E-state index contributed by atoms with van der Waals surface area (Å²) in [5, 5.41) is 8.28. The van der Waals surface area contributed by atoms with Crippen molar-refractivity contribution in [2.45, 2.75) is 44.6 Å². The van der Waals surface area contributed by atoms with E-state index in [-0.39, 0.29) is 17.9 Å². The molecule has 0 aromatic carbocycles. The molecule has 8 heteroatoms. The van der Waals surface area contributed by atoms with E-state index in [1.165, 1.54) is 11.5 Å². The molecule has 2 saturated heterocycles. The van der Waals surface area contributed by atoms with Gasteiger partial charge in [0.25, 0.3) is 5.91 Å². The van der Waals surface area contributed by atoms with Gasteiger partial charge in [0.1, 0.15) is 11.0 Å². The van der Waals surface area contributed by atoms with Crippen LogP contribution >= 0.6 is 11.5 Å². The second kappa shape index (κ2) is 6.60. The molecule has 2 aliphatic rings. The lowest BCUT2D eigenvalue weighted by Crippen LogP contribution is -2.44. The highest BCUT2D eigenvalue weighted by atomic mass is 32.1. The smallest absolute Gasteiger partial charge is 0.251 e. The fourth-order valence-electron chi connectivity index (χ4n) is 3.48. The molecule has 0 bridgehead atoms. The molecule has 2 aromatic rings. The first-order valence-electron chi connectivity index (χ1n) is 8.38. The van der Waals surface area contributed by atoms with Crippen molar-refractivity contribution in [2.75, 3.05) is 19.7 Å². The Kier molecular flexibility index (Phi) is 4.32. The first kappa shape index (κ1) is 15.7. The lowest BCUT2D eigenvalue weighted by atomic mass is 9.93. The van der Waals surface area contributed by atoms with Gasteiger partial charge < -0.3 is 14.2 Å². The number of piperidine rings is 1. The Morgan fingerprint density at radius 3 is 3.04 bits per heavy atom. The molecule has 1 amide bonds. The SMILES string of the molecule is Cc1cc(-c2snnc2[C@H]2CCCN(C(=O)[C@@H]3CCCO3)C2)on1. The third-order valence-electron chi connectivity index (χ3n) is 4.69. The molecule has 0 unspecified atom stereocenters. The maximum absolute atomic E-state index is 12.6. The Morgan fingerprint density at radius 2 is 2.29 bits per heavy atom. The van der Waals surface area contributed by atoms with Gasteiger partial charge >= 0.3 is 0 Å². The summed E-state index contributed by atoms with van der Waals surface area (Å²) in [5.41, 5.74) is 1.75. The molecule has 7 nitrogen and oxygen atoms in total. The van der Waals surface area contributed by atoms with Crippen molar-refractivity contribution in [1.29, 1.82) is 0 Å². The van der Waals surface area contributed by atoms with Gasteiger partial charge in [-0.3, -0.25) is 4.79 Å². The molecule has 24 heavy (non-hydrogen) atoms. The minimum absolute atomic E-state index is 0.123. The summed E-state index contributed by atoms with van der Waals surface area (Å²) in [5.74, 6) is 1.01. The summed E-state index contributed by atoms with van der Waals surface area (Å²) < 4.78 is 15.0. The number of likely N-dealkylation sites (tertiary alicyclic amines) is 1. The Morgan fingerprint density at radius 1 is 1.38 bits per heavy atom. The van der Waals surface area contributed by atoms with E-state index >= 15 is 0 Å². The minimum atomic E-state index is -0.256. The van der Waals surface area contributed by atoms with Crippen LogP contribution in [0, 0.1) is 6.92 Å². The average Bonchev–Trinajstić information content (AvgIpc) is 3.35. The van der Waals surface area contributed by atoms with E-state index in [0.29, 0.717) is 18.9 Å². The van der Waals surface area contributed by atoms with Crippen LogP contribution in [-0.2, 0) is 9.53 Å². The van der Waals surface area contributed by atoms with Crippen LogP contribution < -0.4 is 0 Å². The number of amides is 1. The van der Waals surface area contributed by atoms with Crippen molar-refractivity contribution in [1.82, 2.24) is 19.6 Å². The number of hydrogen-bond donors (Lipinski definition) is 0. The molecule has 0 saturated carbocycles. The topological polar surface area (TPSA) is 81.4 Å². The minimum Gasteiger partial charge on any atom is -0.368 e. The first-order chi connectivity index (χ1) is 11.7. The number of carbonyl (C=O) groups excluding carboxylic acids is 1. The van der Waals surface area contributed by atoms with Gasteiger partial charge in [0, 0.05) is 31.7 Å². The maximum atomic E-state index is 12.6. The summed E-state index contributed by atoms with van der Waals surface area (Å²) in [7, 11) is 0. The standard InChI is InChI=1S/C16H20N4O3S/c1-10-8-13(23-18-10)15-14(17-19-24-15)11-4-2-6-20(9-11)16(21)12-5-3-7-22-12/h8,11-12H,2-7,9H2,1H3/t11-,12-/m0/s1. The lowest BCUT2D eigenvalue weighted by Gasteiger charge is -2.33. The number of rotatable bonds is 3. The molecule has 2 aliphatic heterocycles. The summed E-state index contributed by atoms with van der Waals surface area (Å²) in [6, 6.07) is 1.90. The van der Waals surface area contributed by atoms with Crippen molar-refractivity contribution < 1.29 is 14.1 Å². The number of aryl methyl sites for hydroxylation is 1. The Balaban J connectivity index is 1.52. The normalized spacial score (nSPS) is 24.5. The molecule has 0 spiro atoms. The summed E-state index contributed by atoms with van der Waals surface area (Å²) in [4.78, 5) is 15.5. The van der Waals surface area contributed by atoms with Crippen LogP contribution in [0.5, 0.6) is 0 Å². The van der Waals surface area contributed by atoms with Crippen molar-refractivity contribution in [3.63, 3.8) is 0 Å². The molecular formula is C16H20N4O3S. The van der Waals surface area contributed by atoms with Crippen LogP contribution in [0.3, 0.4) is 0 Å². The van der Waals surface area contributed by atoms with Gasteiger partial charge in [0.05, 0.1) is 11.4 Å². The van der Waals surface area contributed by atoms with Gasteiger partial charge in [-0.1, -0.05) is 9.64 Å². The molecular weight excluding hydrogens is 328 g/mol. The van der Waals surface area contributed by atoms with Crippen LogP contribution in [0.4, 0.5) is 0 Å². The fraction of sp³-hybridized carbons (Fsp3) is 0.625. The summed E-state index contributed by atoms with van der Waals surface area (Å²) >= 11 is 1.32. The van der Waals surface area contributed by atoms with E-state index in [0.717, 1.165) is 48.5 Å². The molecule has 4 rings (SSSR count). The lowest BCUT2D eigenvalue weighted by molar-refractivity contribution is -0.142. The van der Waals surface area contributed by atoms with E-state index < -0.39 is 0 Å². The van der Waals surface area contributed by atoms with Gasteiger partial charge in [-0.25, -0.2) is 0 Å². The van der Waals surface area contributed by atoms with Crippen molar-refractivity contribution in [2.24, 2.45) is 0 Å². The fourth-order valence-corrected chi connectivity index (χ4v) is 4.18. The highest BCUT2D eigenvalue weighted by Gasteiger charge is 2.34. The quantitative estimate of drug-likeness (QED) is 0.847. The highest BCUT2D eigenvalue weighted by Crippen LogP contribution is 2.36. The van der Waals surface area contributed by atoms with Gasteiger partial charge in [-0.05, 0) is 44.1 Å². The van der Waals surface area contributed by atoms with Crippen LogP contribution in [0.15, 0.2) is 10.6 Å². The third kappa shape index (κ3) is 2.95. The van der Waals surface area contributed by atoms with E-state index in [9.17, 15) is 4.79 Å². The molecule has 4 heterocycles. The van der Waals surface area contributed by atoms with Crippen molar-refractivity contribution in [3.05, 3.63) is 17.5 Å². The van der Waals surface area contributed by atoms with Gasteiger partial charge in [0.2, 0.25) is 0 Å². The maximum Gasteiger partial charge on any atom is 0.251 e. The third-order valence-corrected chi connectivity index (χ3v) is 5.45. The van der Waals surface area contributed by atoms with Gasteiger partial charge in [-0.15, -0.1) is 5.10 Å². The van der Waals surface area contributed by atoms with E-state index in [4.69, 9.17) is 9.26 Å². The molecule has 2 aromatic heterocycles. The zero-order valence-electron chi connectivity index (χ0n) is 13.6. The Labute approximate surface area is 144 Å². The largest absolute Gasteiger partial charge is 0.368 e. The van der Waals surface area contributed by atoms with Crippen LogP contribution in [0.1, 0.15) is 43.0 Å². The van der Waals surface area contributed by atoms with Crippen LogP contribution in [0.2, 0.25) is 0 Å². The zero-order valence-corrected chi connectivity index (χ0v) is 14.4. The number of carbonyl (C=O) groups is 1. The zero-order chi connectivity index (χ0) is 16.5. The first-order valence-corrected chi connectivity index (χ1v) is 9.16. The molecule has 0 N–H and O–H groups in total. The van der Waals surface area contributed by atoms with E-state index in [2.05, 4.69) is 14.7 Å².